The van der Waals surface area contributed by atoms with Crippen molar-refractivity contribution >= 4 is 32.2 Å². The van der Waals surface area contributed by atoms with Crippen LogP contribution in [0.3, 0.4) is 0 Å². The molecule has 93 valence electrons. The molecule has 0 saturated carbocycles. The van der Waals surface area contributed by atoms with Crippen LogP contribution < -0.4 is 4.43 Å². The molecule has 0 aliphatic carbocycles. The zero-order chi connectivity index (χ0) is 13.2. The summed E-state index contributed by atoms with van der Waals surface area (Å²) in [7, 11) is -0.857. The Kier molecular flexibility index (Phi) is 5.11. The molecule has 1 aromatic carbocycles. The first-order valence-corrected chi connectivity index (χ1v) is 8.62. The van der Waals surface area contributed by atoms with E-state index in [1.807, 2.05) is 19.9 Å². The van der Waals surface area contributed by atoms with Gasteiger partial charge in [0, 0.05) is 10.6 Å². The lowest BCUT2D eigenvalue weighted by Gasteiger charge is -2.20. The van der Waals surface area contributed by atoms with Crippen molar-refractivity contribution in [2.75, 3.05) is 0 Å². The fraction of sp³-hybridized carbons (Fsp3) is 0.385. The van der Waals surface area contributed by atoms with Gasteiger partial charge in [-0.1, -0.05) is 29.3 Å². The highest BCUT2D eigenvalue weighted by atomic mass is 35.5. The van der Waals surface area contributed by atoms with Gasteiger partial charge in [-0.05, 0) is 44.5 Å². The summed E-state index contributed by atoms with van der Waals surface area (Å²) in [5.74, 6) is 0.782. The van der Waals surface area contributed by atoms with E-state index in [-0.39, 0.29) is 0 Å². The van der Waals surface area contributed by atoms with Crippen LogP contribution in [0.2, 0.25) is 23.1 Å². The third-order valence-electron chi connectivity index (χ3n) is 2.57. The molecule has 0 heterocycles. The zero-order valence-corrected chi connectivity index (χ0v) is 13.2. The molecule has 0 unspecified atom stereocenters. The van der Waals surface area contributed by atoms with Crippen LogP contribution in [0.1, 0.15) is 16.7 Å². The summed E-state index contributed by atoms with van der Waals surface area (Å²) in [5, 5.41) is 1.35. The Morgan fingerprint density at radius 3 is 2.24 bits per heavy atom. The van der Waals surface area contributed by atoms with Crippen LogP contribution in [-0.4, -0.2) is 9.04 Å². The van der Waals surface area contributed by atoms with Crippen LogP contribution in [0.5, 0.6) is 5.75 Å². The molecule has 4 heteroatoms. The third kappa shape index (κ3) is 3.06. The SMILES string of the molecule is C=CCc1c(C)c(Cl)c(C)c(Cl)c1O[Si](C)C. The molecule has 1 radical (unpaired) electrons. The molecule has 0 amide bonds. The van der Waals surface area contributed by atoms with E-state index in [0.717, 1.165) is 33.9 Å². The predicted octanol–water partition coefficient (Wildman–Crippen LogP) is 4.97. The molecule has 0 spiro atoms. The lowest BCUT2D eigenvalue weighted by molar-refractivity contribution is 0.572. The minimum Gasteiger partial charge on any atom is -0.541 e. The van der Waals surface area contributed by atoms with E-state index < -0.39 is 9.04 Å². The maximum atomic E-state index is 6.33. The zero-order valence-electron chi connectivity index (χ0n) is 10.7. The summed E-state index contributed by atoms with van der Waals surface area (Å²) < 4.78 is 5.91. The van der Waals surface area contributed by atoms with Gasteiger partial charge in [0.05, 0.1) is 5.02 Å². The Hall–Kier alpha value is -0.443. The van der Waals surface area contributed by atoms with Crippen molar-refractivity contribution in [2.24, 2.45) is 0 Å². The van der Waals surface area contributed by atoms with Crippen LogP contribution >= 0.6 is 23.2 Å². The Balaban J connectivity index is 3.47. The van der Waals surface area contributed by atoms with Crippen LogP contribution in [0.15, 0.2) is 12.7 Å². The van der Waals surface area contributed by atoms with Crippen molar-refractivity contribution in [3.8, 4) is 5.75 Å². The van der Waals surface area contributed by atoms with Gasteiger partial charge in [-0.2, -0.15) is 0 Å². The minimum atomic E-state index is -0.857. The summed E-state index contributed by atoms with van der Waals surface area (Å²) in [6.07, 6.45) is 2.56. The van der Waals surface area contributed by atoms with E-state index in [4.69, 9.17) is 27.6 Å². The van der Waals surface area contributed by atoms with Gasteiger partial charge >= 0.3 is 0 Å². The number of benzene rings is 1. The monoisotopic (exact) mass is 287 g/mol. The molecule has 1 nitrogen and oxygen atoms in total. The van der Waals surface area contributed by atoms with E-state index in [2.05, 4.69) is 19.7 Å². The van der Waals surface area contributed by atoms with Gasteiger partial charge < -0.3 is 4.43 Å². The van der Waals surface area contributed by atoms with Crippen LogP contribution in [-0.2, 0) is 6.42 Å². The molecule has 17 heavy (non-hydrogen) atoms. The maximum Gasteiger partial charge on any atom is 0.274 e. The molecule has 0 aliphatic heterocycles. The molecule has 1 rings (SSSR count). The normalized spacial score (nSPS) is 10.8. The molecule has 1 aromatic rings. The molecular weight excluding hydrogens is 271 g/mol. The third-order valence-corrected chi connectivity index (χ3v) is 4.20. The fourth-order valence-electron chi connectivity index (χ4n) is 1.68. The van der Waals surface area contributed by atoms with Crippen molar-refractivity contribution < 1.29 is 4.43 Å². The average molecular weight is 288 g/mol. The van der Waals surface area contributed by atoms with Gasteiger partial charge in [0.25, 0.3) is 9.04 Å². The number of halogens is 2. The lowest BCUT2D eigenvalue weighted by atomic mass is 10.0. The Morgan fingerprint density at radius 1 is 1.18 bits per heavy atom. The molecule has 0 atom stereocenters. The van der Waals surface area contributed by atoms with Gasteiger partial charge in [-0.15, -0.1) is 6.58 Å². The summed E-state index contributed by atoms with van der Waals surface area (Å²) in [6, 6.07) is 0. The van der Waals surface area contributed by atoms with Crippen molar-refractivity contribution in [3.05, 3.63) is 39.4 Å². The second-order valence-electron chi connectivity index (χ2n) is 4.19. The van der Waals surface area contributed by atoms with Crippen molar-refractivity contribution in [3.63, 3.8) is 0 Å². The topological polar surface area (TPSA) is 9.23 Å². The smallest absolute Gasteiger partial charge is 0.274 e. The molecule has 0 aliphatic rings. The quantitative estimate of drug-likeness (QED) is 0.561. The first-order chi connectivity index (χ1) is 7.90. The van der Waals surface area contributed by atoms with E-state index in [1.54, 1.807) is 0 Å². The highest BCUT2D eigenvalue weighted by Crippen LogP contribution is 2.40. The lowest BCUT2D eigenvalue weighted by Crippen LogP contribution is -2.14. The van der Waals surface area contributed by atoms with Gasteiger partial charge in [0.1, 0.15) is 5.75 Å². The van der Waals surface area contributed by atoms with Gasteiger partial charge in [0.15, 0.2) is 0 Å². The number of allylic oxidation sites excluding steroid dienone is 1. The van der Waals surface area contributed by atoms with E-state index in [9.17, 15) is 0 Å². The summed E-state index contributed by atoms with van der Waals surface area (Å²) in [6.45, 7) is 11.8. The Labute approximate surface area is 115 Å². The predicted molar refractivity (Wildman–Crippen MR) is 77.9 cm³/mol. The number of rotatable bonds is 4. The first kappa shape index (κ1) is 14.6. The van der Waals surface area contributed by atoms with Crippen molar-refractivity contribution in [1.29, 1.82) is 0 Å². The summed E-state index contributed by atoms with van der Waals surface area (Å²) in [5.41, 5.74) is 2.97. The fourth-order valence-corrected chi connectivity index (χ4v) is 2.89. The van der Waals surface area contributed by atoms with Gasteiger partial charge in [-0.25, -0.2) is 0 Å². The molecule has 0 saturated heterocycles. The number of hydrogen-bond donors (Lipinski definition) is 0. The molecule has 0 fully saturated rings. The number of hydrogen-bond acceptors (Lipinski definition) is 1. The van der Waals surface area contributed by atoms with Crippen LogP contribution in [0.25, 0.3) is 0 Å². The second-order valence-corrected chi connectivity index (χ2v) is 6.97. The Bertz CT molecular complexity index is 442. The largest absolute Gasteiger partial charge is 0.541 e. The first-order valence-electron chi connectivity index (χ1n) is 5.46. The minimum absolute atomic E-state index is 0.628. The molecule has 0 N–H and O–H groups in total. The van der Waals surface area contributed by atoms with E-state index in [0.29, 0.717) is 5.02 Å². The summed E-state index contributed by atoms with van der Waals surface area (Å²) in [4.78, 5) is 0. The highest BCUT2D eigenvalue weighted by molar-refractivity contribution is 6.49. The van der Waals surface area contributed by atoms with E-state index in [1.165, 1.54) is 0 Å². The average Bonchev–Trinajstić information content (AvgIpc) is 2.28. The maximum absolute atomic E-state index is 6.33. The van der Waals surface area contributed by atoms with Crippen molar-refractivity contribution in [1.82, 2.24) is 0 Å². The van der Waals surface area contributed by atoms with Gasteiger partial charge in [-0.3, -0.25) is 0 Å². The summed E-state index contributed by atoms with van der Waals surface area (Å²) >= 11 is 12.6. The van der Waals surface area contributed by atoms with Crippen LogP contribution in [0, 0.1) is 13.8 Å². The second kappa shape index (κ2) is 5.94. The van der Waals surface area contributed by atoms with Crippen molar-refractivity contribution in [2.45, 2.75) is 33.4 Å². The highest BCUT2D eigenvalue weighted by Gasteiger charge is 2.19. The van der Waals surface area contributed by atoms with Gasteiger partial charge in [0.2, 0.25) is 0 Å². The van der Waals surface area contributed by atoms with E-state index >= 15 is 0 Å². The molecule has 0 aromatic heterocycles. The molecule has 0 bridgehead atoms. The van der Waals surface area contributed by atoms with Crippen LogP contribution in [0.4, 0.5) is 0 Å². The molecular formula is C13H17Cl2OSi. The Morgan fingerprint density at radius 2 is 1.76 bits per heavy atom. The standard InChI is InChI=1S/C13H17Cl2OSi/c1-6-7-10-8(2)11(14)9(3)12(15)13(10)16-17(4)5/h6H,1,7H2,2-5H3.